The van der Waals surface area contributed by atoms with E-state index in [1.807, 2.05) is 30.4 Å². The van der Waals surface area contributed by atoms with Gasteiger partial charge in [0.25, 0.3) is 0 Å². The number of allylic oxidation sites excluding steroid dienone is 1. The van der Waals surface area contributed by atoms with E-state index in [0.717, 1.165) is 12.1 Å². The van der Waals surface area contributed by atoms with Crippen LogP contribution in [0.2, 0.25) is 0 Å². The molecule has 2 N–H and O–H groups in total. The Morgan fingerprint density at radius 1 is 1.33 bits per heavy atom. The molecule has 0 bridgehead atoms. The maximum atomic E-state index is 5.81. The van der Waals surface area contributed by atoms with Crippen molar-refractivity contribution in [2.75, 3.05) is 0 Å². The fourth-order valence-corrected chi connectivity index (χ4v) is 2.06. The van der Waals surface area contributed by atoms with Crippen molar-refractivity contribution in [1.82, 2.24) is 15.1 Å². The molecule has 0 amide bonds. The Hall–Kier alpha value is -2.01. The number of aromatic nitrogens is 3. The number of nitrogens with two attached hydrogens (primary N) is 1. The van der Waals surface area contributed by atoms with Gasteiger partial charge in [-0.15, -0.1) is 0 Å². The molecule has 0 spiro atoms. The Balaban J connectivity index is 1.72. The van der Waals surface area contributed by atoms with E-state index in [2.05, 4.69) is 15.1 Å². The average molecular weight is 242 g/mol. The van der Waals surface area contributed by atoms with Gasteiger partial charge < -0.3 is 10.3 Å². The van der Waals surface area contributed by atoms with Crippen molar-refractivity contribution in [3.8, 4) is 0 Å². The molecule has 5 nitrogen and oxygen atoms in total. The number of hydrogen-bond acceptors (Lipinski definition) is 5. The molecule has 0 aromatic carbocycles. The summed E-state index contributed by atoms with van der Waals surface area (Å²) >= 11 is 0. The molecule has 1 aliphatic rings. The molecule has 0 saturated carbocycles. The van der Waals surface area contributed by atoms with Crippen LogP contribution < -0.4 is 5.73 Å². The fourth-order valence-electron chi connectivity index (χ4n) is 2.06. The van der Waals surface area contributed by atoms with Gasteiger partial charge >= 0.3 is 0 Å². The number of pyridine rings is 1. The Morgan fingerprint density at radius 3 is 3.00 bits per heavy atom. The van der Waals surface area contributed by atoms with Crippen LogP contribution >= 0.6 is 0 Å². The van der Waals surface area contributed by atoms with Crippen LogP contribution in [0.3, 0.4) is 0 Å². The Bertz CT molecular complexity index is 549. The molecule has 0 aliphatic heterocycles. The Morgan fingerprint density at radius 2 is 2.28 bits per heavy atom. The lowest BCUT2D eigenvalue weighted by Crippen LogP contribution is -2.14. The molecule has 0 radical (unpaired) electrons. The number of hydrogen-bond donors (Lipinski definition) is 1. The number of nitrogens with zero attached hydrogens (tertiary/aromatic N) is 3. The SMILES string of the molecule is NC1C=CC(c2nc(Cc3ccccn3)no2)C1. The minimum atomic E-state index is 0.0983. The van der Waals surface area contributed by atoms with E-state index >= 15 is 0 Å². The molecule has 3 rings (SSSR count). The second kappa shape index (κ2) is 4.70. The summed E-state index contributed by atoms with van der Waals surface area (Å²) in [6.07, 6.45) is 7.20. The highest BCUT2D eigenvalue weighted by Crippen LogP contribution is 2.26. The van der Waals surface area contributed by atoms with Crippen LogP contribution in [0.1, 0.15) is 29.7 Å². The maximum absolute atomic E-state index is 5.81. The van der Waals surface area contributed by atoms with E-state index in [1.54, 1.807) is 6.20 Å². The van der Waals surface area contributed by atoms with Gasteiger partial charge in [0.1, 0.15) is 0 Å². The quantitative estimate of drug-likeness (QED) is 0.824. The molecule has 0 fully saturated rings. The van der Waals surface area contributed by atoms with Crippen LogP contribution in [-0.2, 0) is 6.42 Å². The van der Waals surface area contributed by atoms with Gasteiger partial charge in [0.05, 0.1) is 12.3 Å². The minimum Gasteiger partial charge on any atom is -0.339 e. The monoisotopic (exact) mass is 242 g/mol. The first-order valence-electron chi connectivity index (χ1n) is 5.97. The highest BCUT2D eigenvalue weighted by Gasteiger charge is 2.22. The molecule has 2 aromatic heterocycles. The van der Waals surface area contributed by atoms with E-state index < -0.39 is 0 Å². The molecule has 92 valence electrons. The van der Waals surface area contributed by atoms with Crippen LogP contribution in [0.15, 0.2) is 41.1 Å². The number of rotatable bonds is 3. The second-order valence-corrected chi connectivity index (χ2v) is 4.44. The van der Waals surface area contributed by atoms with Crippen LogP contribution in [-0.4, -0.2) is 21.2 Å². The second-order valence-electron chi connectivity index (χ2n) is 4.44. The van der Waals surface area contributed by atoms with Crippen LogP contribution in [0.25, 0.3) is 0 Å². The van der Waals surface area contributed by atoms with Gasteiger partial charge in [-0.05, 0) is 18.6 Å². The summed E-state index contributed by atoms with van der Waals surface area (Å²) in [6, 6.07) is 5.88. The molecule has 2 unspecified atom stereocenters. The molecular weight excluding hydrogens is 228 g/mol. The summed E-state index contributed by atoms with van der Waals surface area (Å²) in [5, 5.41) is 3.98. The van der Waals surface area contributed by atoms with E-state index in [4.69, 9.17) is 10.3 Å². The van der Waals surface area contributed by atoms with Crippen molar-refractivity contribution in [3.63, 3.8) is 0 Å². The lowest BCUT2D eigenvalue weighted by Gasteiger charge is -2.01. The van der Waals surface area contributed by atoms with Crippen molar-refractivity contribution < 1.29 is 4.52 Å². The zero-order valence-corrected chi connectivity index (χ0v) is 9.86. The van der Waals surface area contributed by atoms with Gasteiger partial charge in [0.2, 0.25) is 5.89 Å². The third-order valence-corrected chi connectivity index (χ3v) is 2.98. The van der Waals surface area contributed by atoms with Crippen molar-refractivity contribution in [2.45, 2.75) is 24.8 Å². The maximum Gasteiger partial charge on any atom is 0.233 e. The van der Waals surface area contributed by atoms with Crippen molar-refractivity contribution in [3.05, 3.63) is 54.0 Å². The summed E-state index contributed by atoms with van der Waals surface area (Å²) in [7, 11) is 0. The van der Waals surface area contributed by atoms with Crippen molar-refractivity contribution in [2.24, 2.45) is 5.73 Å². The van der Waals surface area contributed by atoms with E-state index in [0.29, 0.717) is 18.1 Å². The Kier molecular flexibility index (Phi) is 2.90. The molecule has 2 aromatic rings. The summed E-state index contributed by atoms with van der Waals surface area (Å²) in [5.41, 5.74) is 6.74. The molecule has 1 aliphatic carbocycles. The van der Waals surface area contributed by atoms with Gasteiger partial charge in [-0.25, -0.2) is 0 Å². The van der Waals surface area contributed by atoms with Crippen LogP contribution in [0, 0.1) is 0 Å². The molecule has 5 heteroatoms. The highest BCUT2D eigenvalue weighted by molar-refractivity contribution is 5.16. The highest BCUT2D eigenvalue weighted by atomic mass is 16.5. The fraction of sp³-hybridized carbons (Fsp3) is 0.308. The topological polar surface area (TPSA) is 77.8 Å². The minimum absolute atomic E-state index is 0.0983. The van der Waals surface area contributed by atoms with Crippen molar-refractivity contribution >= 4 is 0 Å². The zero-order chi connectivity index (χ0) is 12.4. The predicted molar refractivity (Wildman–Crippen MR) is 65.8 cm³/mol. The van der Waals surface area contributed by atoms with Gasteiger partial charge in [-0.3, -0.25) is 4.98 Å². The van der Waals surface area contributed by atoms with E-state index in [1.165, 1.54) is 0 Å². The lowest BCUT2D eigenvalue weighted by molar-refractivity contribution is 0.360. The first-order valence-corrected chi connectivity index (χ1v) is 5.97. The molecule has 0 saturated heterocycles. The molecule has 18 heavy (non-hydrogen) atoms. The van der Waals surface area contributed by atoms with Crippen LogP contribution in [0.4, 0.5) is 0 Å². The molecular formula is C13H14N4O. The smallest absolute Gasteiger partial charge is 0.233 e. The van der Waals surface area contributed by atoms with E-state index in [9.17, 15) is 0 Å². The summed E-state index contributed by atoms with van der Waals surface area (Å²) in [4.78, 5) is 8.63. The summed E-state index contributed by atoms with van der Waals surface area (Å²) in [6.45, 7) is 0. The molecule has 2 heterocycles. The lowest BCUT2D eigenvalue weighted by atomic mass is 10.1. The third kappa shape index (κ3) is 2.31. The Labute approximate surface area is 105 Å². The van der Waals surface area contributed by atoms with Gasteiger partial charge in [0, 0.05) is 17.9 Å². The van der Waals surface area contributed by atoms with Gasteiger partial charge in [-0.1, -0.05) is 23.4 Å². The van der Waals surface area contributed by atoms with Gasteiger partial charge in [-0.2, -0.15) is 4.98 Å². The largest absolute Gasteiger partial charge is 0.339 e. The average Bonchev–Trinajstić information content (AvgIpc) is 2.99. The van der Waals surface area contributed by atoms with Crippen molar-refractivity contribution in [1.29, 1.82) is 0 Å². The molecule has 2 atom stereocenters. The predicted octanol–water partition coefficient (Wildman–Crippen LogP) is 1.43. The summed E-state index contributed by atoms with van der Waals surface area (Å²) in [5.74, 6) is 1.47. The third-order valence-electron chi connectivity index (χ3n) is 2.98. The van der Waals surface area contributed by atoms with Crippen LogP contribution in [0.5, 0.6) is 0 Å². The normalized spacial score (nSPS) is 22.5. The first kappa shape index (κ1) is 11.1. The van der Waals surface area contributed by atoms with E-state index in [-0.39, 0.29) is 12.0 Å². The summed E-state index contributed by atoms with van der Waals surface area (Å²) < 4.78 is 5.27. The zero-order valence-electron chi connectivity index (χ0n) is 9.86. The first-order chi connectivity index (χ1) is 8.81. The standard InChI is InChI=1S/C13H14N4O/c14-10-5-4-9(7-10)13-16-12(17-18-13)8-11-3-1-2-6-15-11/h1-6,9-10H,7-8,14H2. The van der Waals surface area contributed by atoms with Gasteiger partial charge in [0.15, 0.2) is 5.82 Å².